The Morgan fingerprint density at radius 3 is 2.95 bits per heavy atom. The topological polar surface area (TPSA) is 70.5 Å². The SMILES string of the molecule is OC[C@@H]1CCCN1c1cc(NCC2CCOCC2)ncn1. The first-order valence-corrected chi connectivity index (χ1v) is 7.88. The molecule has 3 heterocycles. The molecule has 0 aromatic carbocycles. The van der Waals surface area contributed by atoms with E-state index in [2.05, 4.69) is 20.2 Å². The van der Waals surface area contributed by atoms with Gasteiger partial charge in [-0.3, -0.25) is 0 Å². The molecule has 2 aliphatic rings. The Labute approximate surface area is 125 Å². The molecule has 0 spiro atoms. The highest BCUT2D eigenvalue weighted by Gasteiger charge is 2.25. The molecule has 116 valence electrons. The molecule has 0 radical (unpaired) electrons. The molecule has 0 bridgehead atoms. The molecular formula is C15H24N4O2. The van der Waals surface area contributed by atoms with Crippen LogP contribution in [0.25, 0.3) is 0 Å². The molecule has 1 aromatic heterocycles. The van der Waals surface area contributed by atoms with Crippen molar-refractivity contribution < 1.29 is 9.84 Å². The summed E-state index contributed by atoms with van der Waals surface area (Å²) < 4.78 is 5.38. The number of aliphatic hydroxyl groups is 1. The normalized spacial score (nSPS) is 23.5. The van der Waals surface area contributed by atoms with E-state index in [-0.39, 0.29) is 12.6 Å². The van der Waals surface area contributed by atoms with Gasteiger partial charge in [-0.2, -0.15) is 0 Å². The zero-order valence-electron chi connectivity index (χ0n) is 12.4. The number of aliphatic hydroxyl groups excluding tert-OH is 1. The number of nitrogens with one attached hydrogen (secondary N) is 1. The van der Waals surface area contributed by atoms with Crippen LogP contribution in [0, 0.1) is 5.92 Å². The highest BCUT2D eigenvalue weighted by Crippen LogP contribution is 2.25. The number of hydrogen-bond donors (Lipinski definition) is 2. The van der Waals surface area contributed by atoms with Crippen molar-refractivity contribution in [1.29, 1.82) is 0 Å². The first kappa shape index (κ1) is 14.5. The van der Waals surface area contributed by atoms with Gasteiger partial charge in [0, 0.05) is 32.4 Å². The molecule has 21 heavy (non-hydrogen) atoms. The van der Waals surface area contributed by atoms with E-state index in [0.29, 0.717) is 5.92 Å². The summed E-state index contributed by atoms with van der Waals surface area (Å²) in [6, 6.07) is 2.19. The average molecular weight is 292 g/mol. The highest BCUT2D eigenvalue weighted by molar-refractivity contribution is 5.49. The summed E-state index contributed by atoms with van der Waals surface area (Å²) in [4.78, 5) is 10.8. The molecule has 2 saturated heterocycles. The fourth-order valence-corrected chi connectivity index (χ4v) is 3.13. The molecule has 0 amide bonds. The second-order valence-corrected chi connectivity index (χ2v) is 5.87. The molecule has 2 aliphatic heterocycles. The Kier molecular flexibility index (Phi) is 4.87. The Morgan fingerprint density at radius 2 is 2.14 bits per heavy atom. The van der Waals surface area contributed by atoms with Crippen molar-refractivity contribution in [2.24, 2.45) is 5.92 Å². The second kappa shape index (κ2) is 7.04. The predicted molar refractivity (Wildman–Crippen MR) is 81.5 cm³/mol. The zero-order valence-corrected chi connectivity index (χ0v) is 12.4. The summed E-state index contributed by atoms with van der Waals surface area (Å²) in [6.45, 7) is 3.82. The van der Waals surface area contributed by atoms with Crippen molar-refractivity contribution in [2.75, 3.05) is 43.1 Å². The molecule has 2 N–H and O–H groups in total. The molecular weight excluding hydrogens is 268 g/mol. The van der Waals surface area contributed by atoms with E-state index >= 15 is 0 Å². The summed E-state index contributed by atoms with van der Waals surface area (Å²) in [6.07, 6.45) is 5.98. The number of anilines is 2. The van der Waals surface area contributed by atoms with E-state index < -0.39 is 0 Å². The molecule has 0 unspecified atom stereocenters. The molecule has 2 fully saturated rings. The van der Waals surface area contributed by atoms with Crippen molar-refractivity contribution >= 4 is 11.6 Å². The molecule has 0 saturated carbocycles. The van der Waals surface area contributed by atoms with E-state index in [0.717, 1.165) is 63.6 Å². The molecule has 6 nitrogen and oxygen atoms in total. The van der Waals surface area contributed by atoms with Crippen LogP contribution in [0.5, 0.6) is 0 Å². The summed E-state index contributed by atoms with van der Waals surface area (Å²) in [5, 5.41) is 12.8. The third-order valence-corrected chi connectivity index (χ3v) is 4.45. The molecule has 1 atom stereocenters. The Balaban J connectivity index is 1.60. The lowest BCUT2D eigenvalue weighted by molar-refractivity contribution is 0.0699. The summed E-state index contributed by atoms with van der Waals surface area (Å²) in [7, 11) is 0. The summed E-state index contributed by atoms with van der Waals surface area (Å²) >= 11 is 0. The van der Waals surface area contributed by atoms with Gasteiger partial charge in [0.15, 0.2) is 0 Å². The minimum atomic E-state index is 0.189. The Morgan fingerprint density at radius 1 is 1.29 bits per heavy atom. The van der Waals surface area contributed by atoms with Gasteiger partial charge in [0.25, 0.3) is 0 Å². The van der Waals surface area contributed by atoms with E-state index in [4.69, 9.17) is 4.74 Å². The Bertz CT molecular complexity index is 451. The van der Waals surface area contributed by atoms with Gasteiger partial charge in [0.1, 0.15) is 18.0 Å². The first-order chi connectivity index (χ1) is 10.4. The fraction of sp³-hybridized carbons (Fsp3) is 0.733. The zero-order chi connectivity index (χ0) is 14.5. The van der Waals surface area contributed by atoms with Gasteiger partial charge in [-0.1, -0.05) is 0 Å². The van der Waals surface area contributed by atoms with Crippen LogP contribution in [0.2, 0.25) is 0 Å². The van der Waals surface area contributed by atoms with E-state index in [1.165, 1.54) is 0 Å². The van der Waals surface area contributed by atoms with Gasteiger partial charge in [-0.25, -0.2) is 9.97 Å². The lowest BCUT2D eigenvalue weighted by Gasteiger charge is -2.25. The lowest BCUT2D eigenvalue weighted by Crippen LogP contribution is -2.32. The monoisotopic (exact) mass is 292 g/mol. The van der Waals surface area contributed by atoms with Crippen LogP contribution in [0.4, 0.5) is 11.6 Å². The molecule has 6 heteroatoms. The largest absolute Gasteiger partial charge is 0.394 e. The number of hydrogen-bond acceptors (Lipinski definition) is 6. The smallest absolute Gasteiger partial charge is 0.134 e. The first-order valence-electron chi connectivity index (χ1n) is 7.88. The third-order valence-electron chi connectivity index (χ3n) is 4.45. The second-order valence-electron chi connectivity index (χ2n) is 5.87. The third kappa shape index (κ3) is 3.63. The quantitative estimate of drug-likeness (QED) is 0.852. The molecule has 1 aromatic rings. The maximum atomic E-state index is 9.43. The van der Waals surface area contributed by atoms with Crippen LogP contribution >= 0.6 is 0 Å². The number of ether oxygens (including phenoxy) is 1. The fourth-order valence-electron chi connectivity index (χ4n) is 3.13. The number of nitrogens with zero attached hydrogens (tertiary/aromatic N) is 3. The van der Waals surface area contributed by atoms with Crippen molar-refractivity contribution in [2.45, 2.75) is 31.7 Å². The summed E-state index contributed by atoms with van der Waals surface area (Å²) in [5.41, 5.74) is 0. The van der Waals surface area contributed by atoms with Gasteiger partial charge >= 0.3 is 0 Å². The van der Waals surface area contributed by atoms with Crippen molar-refractivity contribution in [3.63, 3.8) is 0 Å². The maximum Gasteiger partial charge on any atom is 0.134 e. The maximum absolute atomic E-state index is 9.43. The van der Waals surface area contributed by atoms with Gasteiger partial charge in [0.2, 0.25) is 0 Å². The lowest BCUT2D eigenvalue weighted by atomic mass is 10.0. The van der Waals surface area contributed by atoms with Crippen molar-refractivity contribution in [3.05, 3.63) is 12.4 Å². The van der Waals surface area contributed by atoms with Crippen LogP contribution in [-0.2, 0) is 4.74 Å². The van der Waals surface area contributed by atoms with Crippen LogP contribution in [0.1, 0.15) is 25.7 Å². The number of rotatable bonds is 5. The minimum Gasteiger partial charge on any atom is -0.394 e. The highest BCUT2D eigenvalue weighted by atomic mass is 16.5. The number of aromatic nitrogens is 2. The van der Waals surface area contributed by atoms with Crippen LogP contribution in [0.3, 0.4) is 0 Å². The predicted octanol–water partition coefficient (Wildman–Crippen LogP) is 1.28. The van der Waals surface area contributed by atoms with Gasteiger partial charge in [0.05, 0.1) is 12.6 Å². The Hall–Kier alpha value is -1.40. The average Bonchev–Trinajstić information content (AvgIpc) is 3.03. The van der Waals surface area contributed by atoms with Gasteiger partial charge in [-0.15, -0.1) is 0 Å². The standard InChI is InChI=1S/C15H24N4O2/c20-10-13-2-1-5-19(13)15-8-14(17-11-18-15)16-9-12-3-6-21-7-4-12/h8,11-13,20H,1-7,9-10H2,(H,16,17,18)/t13-/m0/s1. The van der Waals surface area contributed by atoms with Gasteiger partial charge < -0.3 is 20.1 Å². The van der Waals surface area contributed by atoms with Crippen LogP contribution in [0.15, 0.2) is 12.4 Å². The van der Waals surface area contributed by atoms with E-state index in [1.54, 1.807) is 6.33 Å². The summed E-state index contributed by atoms with van der Waals surface area (Å²) in [5.74, 6) is 2.44. The van der Waals surface area contributed by atoms with Crippen molar-refractivity contribution in [1.82, 2.24) is 9.97 Å². The molecule has 3 rings (SSSR count). The van der Waals surface area contributed by atoms with Crippen molar-refractivity contribution in [3.8, 4) is 0 Å². The van der Waals surface area contributed by atoms with Crippen LogP contribution in [-0.4, -0.2) is 54.0 Å². The van der Waals surface area contributed by atoms with E-state index in [1.807, 2.05) is 6.07 Å². The van der Waals surface area contributed by atoms with Crippen LogP contribution < -0.4 is 10.2 Å². The van der Waals surface area contributed by atoms with Gasteiger partial charge in [-0.05, 0) is 31.6 Å². The van der Waals surface area contributed by atoms with E-state index in [9.17, 15) is 5.11 Å². The molecule has 0 aliphatic carbocycles. The minimum absolute atomic E-state index is 0.189.